The number of hydrogen-bond acceptors (Lipinski definition) is 4. The molecule has 0 saturated heterocycles. The standard InChI is InChI=1S/C10H21NO3.CH3NO2/c1-7(2)8(6-12)11-9(13)14-10(3,4)5;2-1(3)4/h7-8,12H,6H2,1-5H3,(H,11,13);2H2,(H,3,4)/t8-;/m1./s1. The van der Waals surface area contributed by atoms with E-state index in [4.69, 9.17) is 19.7 Å². The second-order valence-electron chi connectivity index (χ2n) is 5.02. The second kappa shape index (κ2) is 8.57. The molecule has 0 unspecified atom stereocenters. The van der Waals surface area contributed by atoms with Crippen LogP contribution in [-0.2, 0) is 4.74 Å². The van der Waals surface area contributed by atoms with E-state index in [1.165, 1.54) is 0 Å². The predicted molar refractivity (Wildman–Crippen MR) is 67.3 cm³/mol. The van der Waals surface area contributed by atoms with Crippen LogP contribution in [0, 0.1) is 5.92 Å². The van der Waals surface area contributed by atoms with Gasteiger partial charge in [0.2, 0.25) is 0 Å². The average molecular weight is 264 g/mol. The molecule has 2 amide bonds. The fourth-order valence-electron chi connectivity index (χ4n) is 0.882. The van der Waals surface area contributed by atoms with Crippen LogP contribution >= 0.6 is 0 Å². The van der Waals surface area contributed by atoms with Crippen molar-refractivity contribution in [2.45, 2.75) is 46.3 Å². The molecule has 108 valence electrons. The van der Waals surface area contributed by atoms with Gasteiger partial charge in [-0.15, -0.1) is 0 Å². The van der Waals surface area contributed by atoms with Gasteiger partial charge in [0.1, 0.15) is 5.60 Å². The summed E-state index contributed by atoms with van der Waals surface area (Å²) in [7, 11) is 0. The molecule has 0 heterocycles. The van der Waals surface area contributed by atoms with Gasteiger partial charge in [-0.05, 0) is 26.7 Å². The Labute approximate surface area is 107 Å². The first-order chi connectivity index (χ1) is 7.99. The maximum Gasteiger partial charge on any atom is 0.407 e. The van der Waals surface area contributed by atoms with E-state index in [-0.39, 0.29) is 18.6 Å². The number of aliphatic hydroxyl groups excluding tert-OH is 1. The van der Waals surface area contributed by atoms with E-state index in [1.54, 1.807) is 20.8 Å². The third-order valence-electron chi connectivity index (χ3n) is 1.70. The second-order valence-corrected chi connectivity index (χ2v) is 5.02. The highest BCUT2D eigenvalue weighted by molar-refractivity contribution is 5.68. The lowest BCUT2D eigenvalue weighted by atomic mass is 10.1. The normalized spacial score (nSPS) is 12.2. The number of carboxylic acid groups (broad SMARTS) is 1. The van der Waals surface area contributed by atoms with Gasteiger partial charge in [0.15, 0.2) is 0 Å². The Morgan fingerprint density at radius 2 is 1.72 bits per heavy atom. The number of amides is 2. The molecule has 0 rings (SSSR count). The molecule has 0 bridgehead atoms. The van der Waals surface area contributed by atoms with E-state index in [1.807, 2.05) is 13.8 Å². The van der Waals surface area contributed by atoms with Crippen LogP contribution in [0.15, 0.2) is 0 Å². The minimum Gasteiger partial charge on any atom is -0.465 e. The van der Waals surface area contributed by atoms with E-state index < -0.39 is 17.8 Å². The molecule has 7 heteroatoms. The molecule has 1 atom stereocenters. The summed E-state index contributed by atoms with van der Waals surface area (Å²) in [5.74, 6) is 0.188. The third-order valence-corrected chi connectivity index (χ3v) is 1.70. The Morgan fingerprint density at radius 3 is 1.94 bits per heavy atom. The zero-order valence-electron chi connectivity index (χ0n) is 11.6. The summed E-state index contributed by atoms with van der Waals surface area (Å²) in [5.41, 5.74) is 3.53. The van der Waals surface area contributed by atoms with Crippen LogP contribution in [0.1, 0.15) is 34.6 Å². The van der Waals surface area contributed by atoms with Crippen LogP contribution in [-0.4, -0.2) is 40.6 Å². The maximum absolute atomic E-state index is 11.3. The lowest BCUT2D eigenvalue weighted by Crippen LogP contribution is -2.43. The fraction of sp³-hybridized carbons (Fsp3) is 0.818. The van der Waals surface area contributed by atoms with Gasteiger partial charge in [0.05, 0.1) is 12.6 Å². The minimum atomic E-state index is -1.33. The molecular formula is C11H24N2O5. The number of nitrogens with two attached hydrogens (primary N) is 1. The van der Waals surface area contributed by atoms with Gasteiger partial charge in [-0.25, -0.2) is 9.59 Å². The van der Waals surface area contributed by atoms with E-state index in [2.05, 4.69) is 11.1 Å². The van der Waals surface area contributed by atoms with Gasteiger partial charge in [-0.1, -0.05) is 13.8 Å². The Morgan fingerprint density at radius 1 is 1.33 bits per heavy atom. The predicted octanol–water partition coefficient (Wildman–Crippen LogP) is 1.15. The summed E-state index contributed by atoms with van der Waals surface area (Å²) < 4.78 is 5.06. The van der Waals surface area contributed by atoms with Crippen LogP contribution in [0.25, 0.3) is 0 Å². The number of primary amides is 1. The number of alkyl carbamates (subject to hydrolysis) is 1. The lowest BCUT2D eigenvalue weighted by Gasteiger charge is -2.24. The first-order valence-corrected chi connectivity index (χ1v) is 5.58. The van der Waals surface area contributed by atoms with Crippen LogP contribution in [0.2, 0.25) is 0 Å². The van der Waals surface area contributed by atoms with Crippen molar-refractivity contribution >= 4 is 12.2 Å². The summed E-state index contributed by atoms with van der Waals surface area (Å²) in [6.07, 6.45) is -1.81. The molecule has 0 spiro atoms. The molecule has 0 aliphatic heterocycles. The SMILES string of the molecule is CC(C)[C@@H](CO)NC(=O)OC(C)(C)C.NC(=O)O. The van der Waals surface area contributed by atoms with Crippen molar-refractivity contribution < 1.29 is 24.5 Å². The number of ether oxygens (including phenoxy) is 1. The molecule has 0 aliphatic carbocycles. The zero-order valence-corrected chi connectivity index (χ0v) is 11.6. The minimum absolute atomic E-state index is 0.0725. The Hall–Kier alpha value is -1.50. The number of hydrogen-bond donors (Lipinski definition) is 4. The van der Waals surface area contributed by atoms with E-state index in [9.17, 15) is 4.79 Å². The molecule has 5 N–H and O–H groups in total. The quantitative estimate of drug-likeness (QED) is 0.609. The Kier molecular flexibility index (Phi) is 8.98. The smallest absolute Gasteiger partial charge is 0.407 e. The van der Waals surface area contributed by atoms with Crippen molar-refractivity contribution in [2.75, 3.05) is 6.61 Å². The van der Waals surface area contributed by atoms with Crippen molar-refractivity contribution in [1.82, 2.24) is 5.32 Å². The third kappa shape index (κ3) is 14.5. The average Bonchev–Trinajstić information content (AvgIpc) is 2.09. The zero-order chi connectivity index (χ0) is 14.9. The summed E-state index contributed by atoms with van der Waals surface area (Å²) in [6, 6.07) is -0.246. The highest BCUT2D eigenvalue weighted by Crippen LogP contribution is 2.08. The molecular weight excluding hydrogens is 240 g/mol. The molecule has 0 radical (unpaired) electrons. The van der Waals surface area contributed by atoms with Gasteiger partial charge < -0.3 is 26.0 Å². The van der Waals surface area contributed by atoms with Crippen molar-refractivity contribution in [1.29, 1.82) is 0 Å². The maximum atomic E-state index is 11.3. The van der Waals surface area contributed by atoms with Crippen LogP contribution in [0.4, 0.5) is 9.59 Å². The van der Waals surface area contributed by atoms with Crippen molar-refractivity contribution in [2.24, 2.45) is 11.7 Å². The molecule has 0 fully saturated rings. The van der Waals surface area contributed by atoms with E-state index in [0.29, 0.717) is 0 Å². The van der Waals surface area contributed by atoms with Gasteiger partial charge in [0.25, 0.3) is 0 Å². The van der Waals surface area contributed by atoms with Crippen LogP contribution < -0.4 is 11.1 Å². The fourth-order valence-corrected chi connectivity index (χ4v) is 0.882. The van der Waals surface area contributed by atoms with Gasteiger partial charge in [-0.2, -0.15) is 0 Å². The monoisotopic (exact) mass is 264 g/mol. The van der Waals surface area contributed by atoms with E-state index in [0.717, 1.165) is 0 Å². The first-order valence-electron chi connectivity index (χ1n) is 5.58. The van der Waals surface area contributed by atoms with Crippen LogP contribution in [0.3, 0.4) is 0 Å². The number of carbonyl (C=O) groups is 2. The van der Waals surface area contributed by atoms with Crippen molar-refractivity contribution in [3.8, 4) is 0 Å². The van der Waals surface area contributed by atoms with Crippen molar-refractivity contribution in [3.63, 3.8) is 0 Å². The Balaban J connectivity index is 0. The molecule has 18 heavy (non-hydrogen) atoms. The summed E-state index contributed by atoms with van der Waals surface area (Å²) in [6.45, 7) is 9.19. The van der Waals surface area contributed by atoms with Gasteiger partial charge >= 0.3 is 12.2 Å². The molecule has 0 aliphatic rings. The summed E-state index contributed by atoms with van der Waals surface area (Å²) in [4.78, 5) is 20.1. The topological polar surface area (TPSA) is 122 Å². The molecule has 0 aromatic carbocycles. The molecule has 0 saturated carbocycles. The summed E-state index contributed by atoms with van der Waals surface area (Å²) in [5, 5.41) is 18.8. The Bertz CT molecular complexity index is 257. The number of rotatable bonds is 3. The molecule has 0 aromatic rings. The first kappa shape index (κ1) is 18.9. The van der Waals surface area contributed by atoms with Crippen LogP contribution in [0.5, 0.6) is 0 Å². The van der Waals surface area contributed by atoms with Gasteiger partial charge in [-0.3, -0.25) is 0 Å². The molecule has 7 nitrogen and oxygen atoms in total. The number of carbonyl (C=O) groups excluding carboxylic acids is 1. The number of nitrogens with one attached hydrogen (secondary N) is 1. The highest BCUT2D eigenvalue weighted by Gasteiger charge is 2.20. The highest BCUT2D eigenvalue weighted by atomic mass is 16.6. The van der Waals surface area contributed by atoms with Gasteiger partial charge in [0, 0.05) is 0 Å². The van der Waals surface area contributed by atoms with Crippen molar-refractivity contribution in [3.05, 3.63) is 0 Å². The largest absolute Gasteiger partial charge is 0.465 e. The lowest BCUT2D eigenvalue weighted by molar-refractivity contribution is 0.0462. The molecule has 0 aromatic heterocycles. The van der Waals surface area contributed by atoms with E-state index >= 15 is 0 Å². The summed E-state index contributed by atoms with van der Waals surface area (Å²) >= 11 is 0. The number of aliphatic hydroxyl groups is 1.